The molecule has 4 N–H and O–H groups in total. The van der Waals surface area contributed by atoms with Gasteiger partial charge in [0, 0.05) is 15.6 Å². The van der Waals surface area contributed by atoms with Crippen molar-refractivity contribution in [3.05, 3.63) is 70.2 Å². The molecule has 0 bridgehead atoms. The summed E-state index contributed by atoms with van der Waals surface area (Å²) in [6, 6.07) is 15.9. The first-order valence-corrected chi connectivity index (χ1v) is 7.98. The number of urea groups is 1. The molecule has 2 rings (SSSR count). The summed E-state index contributed by atoms with van der Waals surface area (Å²) in [6.45, 7) is 0.638. The largest absolute Gasteiger partial charge is 0.351 e. The minimum absolute atomic E-state index is 0.404. The first kappa shape index (κ1) is 17.2. The Morgan fingerprint density at radius 2 is 1.74 bits per heavy atom. The smallest absolute Gasteiger partial charge is 0.319 e. The number of hydrogen-bond donors (Lipinski definition) is 3. The molecule has 0 aromatic heterocycles. The molecule has 0 radical (unpaired) electrons. The Bertz CT molecular complexity index is 674. The van der Waals surface area contributed by atoms with Crippen LogP contribution in [0.25, 0.3) is 0 Å². The van der Waals surface area contributed by atoms with Crippen molar-refractivity contribution in [1.29, 1.82) is 0 Å². The number of benzene rings is 2. The SMILES string of the molecule is C[NH+](Cc1ccc(Br)cc1)[C@@H](C(=O)NC(N)=O)c1ccccc1. The van der Waals surface area contributed by atoms with Crippen LogP contribution in [-0.2, 0) is 11.3 Å². The number of carbonyl (C=O) groups is 2. The third-order valence-corrected chi connectivity index (χ3v) is 4.06. The summed E-state index contributed by atoms with van der Waals surface area (Å²) < 4.78 is 1.00. The average Bonchev–Trinajstić information content (AvgIpc) is 2.50. The number of nitrogens with two attached hydrogens (primary N) is 1. The number of likely N-dealkylation sites (N-methyl/N-ethyl adjacent to an activating group) is 1. The molecule has 2 aromatic carbocycles. The second-order valence-corrected chi connectivity index (χ2v) is 6.26. The molecule has 0 aliphatic carbocycles. The molecule has 0 saturated carbocycles. The molecule has 120 valence electrons. The van der Waals surface area contributed by atoms with Gasteiger partial charge in [-0.1, -0.05) is 58.4 Å². The number of imide groups is 1. The highest BCUT2D eigenvalue weighted by Crippen LogP contribution is 2.12. The zero-order chi connectivity index (χ0) is 16.8. The van der Waals surface area contributed by atoms with Crippen molar-refractivity contribution < 1.29 is 14.5 Å². The van der Waals surface area contributed by atoms with Gasteiger partial charge in [-0.15, -0.1) is 0 Å². The fourth-order valence-electron chi connectivity index (χ4n) is 2.53. The number of halogens is 1. The third-order valence-electron chi connectivity index (χ3n) is 3.53. The van der Waals surface area contributed by atoms with E-state index in [1.807, 2.05) is 61.6 Å². The van der Waals surface area contributed by atoms with Crippen LogP contribution in [0.3, 0.4) is 0 Å². The zero-order valence-electron chi connectivity index (χ0n) is 12.8. The molecule has 2 atom stereocenters. The maximum Gasteiger partial charge on any atom is 0.319 e. The number of nitrogens with one attached hydrogen (secondary N) is 2. The van der Waals surface area contributed by atoms with Crippen LogP contribution in [0.5, 0.6) is 0 Å². The van der Waals surface area contributed by atoms with Gasteiger partial charge >= 0.3 is 6.03 Å². The molecule has 0 saturated heterocycles. The minimum atomic E-state index is -0.840. The number of carbonyl (C=O) groups excluding carboxylic acids is 2. The van der Waals surface area contributed by atoms with E-state index >= 15 is 0 Å². The first-order chi connectivity index (χ1) is 11.0. The van der Waals surface area contributed by atoms with Crippen LogP contribution in [-0.4, -0.2) is 19.0 Å². The molecule has 0 spiro atoms. The molecule has 6 heteroatoms. The van der Waals surface area contributed by atoms with Gasteiger partial charge in [0.2, 0.25) is 0 Å². The van der Waals surface area contributed by atoms with Gasteiger partial charge < -0.3 is 10.6 Å². The van der Waals surface area contributed by atoms with Crippen molar-refractivity contribution in [1.82, 2.24) is 5.32 Å². The van der Waals surface area contributed by atoms with Crippen molar-refractivity contribution in [3.8, 4) is 0 Å². The Kier molecular flexibility index (Phi) is 5.90. The third kappa shape index (κ3) is 4.91. The molecular weight excluding hydrogens is 358 g/mol. The molecule has 0 fully saturated rings. The molecule has 1 unspecified atom stereocenters. The van der Waals surface area contributed by atoms with E-state index in [-0.39, 0.29) is 0 Å². The lowest BCUT2D eigenvalue weighted by Crippen LogP contribution is -3.09. The number of primary amides is 1. The Labute approximate surface area is 143 Å². The van der Waals surface area contributed by atoms with Crippen molar-refractivity contribution in [3.63, 3.8) is 0 Å². The topological polar surface area (TPSA) is 76.6 Å². The maximum absolute atomic E-state index is 12.4. The van der Waals surface area contributed by atoms with E-state index in [0.29, 0.717) is 6.54 Å². The Balaban J connectivity index is 2.23. The van der Waals surface area contributed by atoms with E-state index in [1.54, 1.807) is 0 Å². The predicted octanol–water partition coefficient (Wildman–Crippen LogP) is 1.40. The molecule has 0 aliphatic rings. The summed E-state index contributed by atoms with van der Waals surface area (Å²) >= 11 is 3.41. The average molecular weight is 377 g/mol. The van der Waals surface area contributed by atoms with Crippen LogP contribution in [0.2, 0.25) is 0 Å². The number of amides is 3. The summed E-state index contributed by atoms with van der Waals surface area (Å²) in [4.78, 5) is 24.4. The number of rotatable bonds is 5. The van der Waals surface area contributed by atoms with Crippen LogP contribution < -0.4 is 16.0 Å². The fraction of sp³-hybridized carbons (Fsp3) is 0.176. The van der Waals surface area contributed by atoms with Crippen molar-refractivity contribution in [2.75, 3.05) is 7.05 Å². The monoisotopic (exact) mass is 376 g/mol. The van der Waals surface area contributed by atoms with Gasteiger partial charge in [0.1, 0.15) is 6.54 Å². The highest BCUT2D eigenvalue weighted by atomic mass is 79.9. The summed E-state index contributed by atoms with van der Waals surface area (Å²) in [5, 5.41) is 2.19. The van der Waals surface area contributed by atoms with Gasteiger partial charge in [0.25, 0.3) is 5.91 Å². The van der Waals surface area contributed by atoms with E-state index in [9.17, 15) is 9.59 Å². The normalized spacial score (nSPS) is 13.1. The highest BCUT2D eigenvalue weighted by Gasteiger charge is 2.29. The first-order valence-electron chi connectivity index (χ1n) is 7.19. The standard InChI is InChI=1S/C17H18BrN3O2/c1-21(11-12-7-9-14(18)10-8-12)15(16(22)20-17(19)23)13-5-3-2-4-6-13/h2-10,15H,11H2,1H3,(H3,19,20,22,23)/p+1/t15-/m1/s1. The summed E-state index contributed by atoms with van der Waals surface area (Å²) in [7, 11) is 1.92. The molecule has 23 heavy (non-hydrogen) atoms. The van der Waals surface area contributed by atoms with Crippen LogP contribution in [0.4, 0.5) is 4.79 Å². The summed E-state index contributed by atoms with van der Waals surface area (Å²) in [6.07, 6.45) is 0. The number of hydrogen-bond acceptors (Lipinski definition) is 2. The highest BCUT2D eigenvalue weighted by molar-refractivity contribution is 9.10. The molecule has 3 amide bonds. The van der Waals surface area contributed by atoms with Crippen molar-refractivity contribution >= 4 is 27.9 Å². The zero-order valence-corrected chi connectivity index (χ0v) is 14.3. The number of quaternary nitrogens is 1. The van der Waals surface area contributed by atoms with E-state index in [2.05, 4.69) is 21.2 Å². The quantitative estimate of drug-likeness (QED) is 0.737. The van der Waals surface area contributed by atoms with Gasteiger partial charge in [0.05, 0.1) is 7.05 Å². The van der Waals surface area contributed by atoms with Gasteiger partial charge in [-0.3, -0.25) is 10.1 Å². The van der Waals surface area contributed by atoms with Crippen LogP contribution in [0.1, 0.15) is 17.2 Å². The second kappa shape index (κ2) is 7.89. The fourth-order valence-corrected chi connectivity index (χ4v) is 2.79. The Hall–Kier alpha value is -2.18. The lowest BCUT2D eigenvalue weighted by Gasteiger charge is -2.24. The van der Waals surface area contributed by atoms with Crippen molar-refractivity contribution in [2.45, 2.75) is 12.6 Å². The predicted molar refractivity (Wildman–Crippen MR) is 91.6 cm³/mol. The summed E-state index contributed by atoms with van der Waals surface area (Å²) in [5.41, 5.74) is 7.02. The van der Waals surface area contributed by atoms with E-state index in [4.69, 9.17) is 5.73 Å². The van der Waals surface area contributed by atoms with Crippen LogP contribution in [0, 0.1) is 0 Å². The Morgan fingerprint density at radius 3 is 2.30 bits per heavy atom. The van der Waals surface area contributed by atoms with Gasteiger partial charge in [0.15, 0.2) is 6.04 Å². The van der Waals surface area contributed by atoms with Crippen LogP contribution in [0.15, 0.2) is 59.1 Å². The lowest BCUT2D eigenvalue weighted by molar-refractivity contribution is -0.916. The second-order valence-electron chi connectivity index (χ2n) is 5.35. The molecule has 5 nitrogen and oxygen atoms in total. The minimum Gasteiger partial charge on any atom is -0.351 e. The lowest BCUT2D eigenvalue weighted by atomic mass is 10.0. The van der Waals surface area contributed by atoms with E-state index in [0.717, 1.165) is 20.5 Å². The molecular formula is C17H19BrN3O2+. The van der Waals surface area contributed by atoms with Gasteiger partial charge in [-0.2, -0.15) is 0 Å². The van der Waals surface area contributed by atoms with Crippen molar-refractivity contribution in [2.24, 2.45) is 5.73 Å². The van der Waals surface area contributed by atoms with E-state index < -0.39 is 18.0 Å². The molecule has 2 aromatic rings. The molecule has 0 aliphatic heterocycles. The van der Waals surface area contributed by atoms with Gasteiger partial charge in [-0.05, 0) is 12.1 Å². The molecule has 0 heterocycles. The van der Waals surface area contributed by atoms with Crippen LogP contribution >= 0.6 is 15.9 Å². The van der Waals surface area contributed by atoms with Gasteiger partial charge in [-0.25, -0.2) is 4.79 Å². The maximum atomic E-state index is 12.4. The summed E-state index contributed by atoms with van der Waals surface area (Å²) in [5.74, 6) is -0.404. The Morgan fingerprint density at radius 1 is 1.13 bits per heavy atom. The van der Waals surface area contributed by atoms with E-state index in [1.165, 1.54) is 0 Å².